The highest BCUT2D eigenvalue weighted by atomic mass is 19.4. The highest BCUT2D eigenvalue weighted by Gasteiger charge is 2.44. The minimum Gasteiger partial charge on any atom is -0.462 e. The Morgan fingerprint density at radius 2 is 2.19 bits per heavy atom. The van der Waals surface area contributed by atoms with E-state index in [1.54, 1.807) is 6.92 Å². The van der Waals surface area contributed by atoms with Gasteiger partial charge in [-0.05, 0) is 25.8 Å². The second-order valence-corrected chi connectivity index (χ2v) is 4.86. The third-order valence-electron chi connectivity index (χ3n) is 3.43. The van der Waals surface area contributed by atoms with Crippen LogP contribution in [0.25, 0.3) is 0 Å². The maximum Gasteiger partial charge on any atom is 0.392 e. The normalized spacial score (nSPS) is 21.8. The second-order valence-electron chi connectivity index (χ2n) is 4.86. The Balaban J connectivity index is 2.41. The molecule has 21 heavy (non-hydrogen) atoms. The molecule has 0 fully saturated rings. The zero-order chi connectivity index (χ0) is 15.8. The minimum atomic E-state index is -4.45. The number of pyridine rings is 1. The van der Waals surface area contributed by atoms with E-state index in [2.05, 4.69) is 9.72 Å². The van der Waals surface area contributed by atoms with E-state index < -0.39 is 42.6 Å². The van der Waals surface area contributed by atoms with Crippen LogP contribution in [0.15, 0.2) is 10.9 Å². The van der Waals surface area contributed by atoms with E-state index >= 15 is 0 Å². The molecule has 0 radical (unpaired) electrons. The molecular weight excluding hydrogens is 291 g/mol. The Hall–Kier alpha value is -1.83. The predicted octanol–water partition coefficient (Wildman–Crippen LogP) is 1.71. The molecule has 1 aliphatic carbocycles. The first kappa shape index (κ1) is 15.6. The molecule has 0 aromatic carbocycles. The number of fused-ring (bicyclic) bond motifs is 1. The maximum absolute atomic E-state index is 12.7. The third kappa shape index (κ3) is 3.10. The molecule has 0 unspecified atom stereocenters. The van der Waals surface area contributed by atoms with Gasteiger partial charge in [0.15, 0.2) is 0 Å². The molecule has 0 spiro atoms. The molecule has 0 saturated heterocycles. The molecule has 8 heteroatoms. The van der Waals surface area contributed by atoms with Gasteiger partial charge in [0.1, 0.15) is 5.56 Å². The molecule has 116 valence electrons. The first-order valence-corrected chi connectivity index (χ1v) is 6.42. The number of carbonyl (C=O) groups excluding carboxylic acids is 1. The van der Waals surface area contributed by atoms with Crippen molar-refractivity contribution in [1.29, 1.82) is 0 Å². The van der Waals surface area contributed by atoms with Gasteiger partial charge < -0.3 is 14.8 Å². The summed E-state index contributed by atoms with van der Waals surface area (Å²) in [5.41, 5.74) is -0.991. The van der Waals surface area contributed by atoms with E-state index in [-0.39, 0.29) is 23.4 Å². The van der Waals surface area contributed by atoms with Gasteiger partial charge in [-0.2, -0.15) is 13.2 Å². The number of hydrogen-bond donors (Lipinski definition) is 2. The van der Waals surface area contributed by atoms with Gasteiger partial charge in [0.2, 0.25) is 0 Å². The fraction of sp³-hybridized carbons (Fsp3) is 0.538. The van der Waals surface area contributed by atoms with Gasteiger partial charge in [-0.3, -0.25) is 4.79 Å². The summed E-state index contributed by atoms with van der Waals surface area (Å²) in [6.45, 7) is 1.63. The monoisotopic (exact) mass is 305 g/mol. The zero-order valence-corrected chi connectivity index (χ0v) is 11.2. The molecule has 0 saturated carbocycles. The van der Waals surface area contributed by atoms with E-state index in [4.69, 9.17) is 0 Å². The van der Waals surface area contributed by atoms with Crippen LogP contribution in [0.3, 0.4) is 0 Å². The van der Waals surface area contributed by atoms with Gasteiger partial charge in [0.05, 0.1) is 18.6 Å². The fourth-order valence-electron chi connectivity index (χ4n) is 2.39. The molecule has 2 rings (SSSR count). The Bertz CT molecular complexity index is 608. The predicted molar refractivity (Wildman–Crippen MR) is 65.8 cm³/mol. The SMILES string of the molecule is CCOC(=O)c1cc2c([nH]c1=O)C[C@H](C(F)(F)F)C[C@H]2O. The van der Waals surface area contributed by atoms with Crippen molar-refractivity contribution in [3.63, 3.8) is 0 Å². The molecule has 0 aliphatic heterocycles. The van der Waals surface area contributed by atoms with Crippen molar-refractivity contribution >= 4 is 5.97 Å². The molecule has 0 bridgehead atoms. The number of H-pyrrole nitrogens is 1. The molecule has 1 aromatic heterocycles. The number of carbonyl (C=O) groups is 1. The van der Waals surface area contributed by atoms with Gasteiger partial charge in [0, 0.05) is 11.3 Å². The van der Waals surface area contributed by atoms with Crippen molar-refractivity contribution in [3.05, 3.63) is 33.2 Å². The molecule has 2 N–H and O–H groups in total. The van der Waals surface area contributed by atoms with Crippen LogP contribution in [-0.2, 0) is 11.2 Å². The van der Waals surface area contributed by atoms with Crippen molar-refractivity contribution in [2.24, 2.45) is 5.92 Å². The van der Waals surface area contributed by atoms with Crippen LogP contribution < -0.4 is 5.56 Å². The molecule has 0 amide bonds. The zero-order valence-electron chi connectivity index (χ0n) is 11.2. The van der Waals surface area contributed by atoms with E-state index in [0.717, 1.165) is 6.07 Å². The summed E-state index contributed by atoms with van der Waals surface area (Å²) < 4.78 is 42.9. The smallest absolute Gasteiger partial charge is 0.392 e. The van der Waals surface area contributed by atoms with Crippen LogP contribution in [-0.4, -0.2) is 28.8 Å². The van der Waals surface area contributed by atoms with Gasteiger partial charge in [-0.25, -0.2) is 4.79 Å². The number of ether oxygens (including phenoxy) is 1. The Kier molecular flexibility index (Phi) is 4.08. The summed E-state index contributed by atoms with van der Waals surface area (Å²) in [6.07, 6.45) is -6.75. The quantitative estimate of drug-likeness (QED) is 0.815. The standard InChI is InChI=1S/C13H14F3NO4/c1-2-21-12(20)8-5-7-9(17-11(8)19)3-6(4-10(7)18)13(14,15)16/h5-6,10,18H,2-4H2,1H3,(H,17,19)/t6-,10+/m0/s1. The Morgan fingerprint density at radius 3 is 2.76 bits per heavy atom. The first-order valence-electron chi connectivity index (χ1n) is 6.42. The fourth-order valence-corrected chi connectivity index (χ4v) is 2.39. The highest BCUT2D eigenvalue weighted by molar-refractivity contribution is 5.89. The van der Waals surface area contributed by atoms with Gasteiger partial charge >= 0.3 is 12.1 Å². The number of aromatic amines is 1. The lowest BCUT2D eigenvalue weighted by molar-refractivity contribution is -0.184. The average molecular weight is 305 g/mol. The summed E-state index contributed by atoms with van der Waals surface area (Å²) in [5.74, 6) is -2.59. The summed E-state index contributed by atoms with van der Waals surface area (Å²) in [6, 6.07) is 1.11. The Labute approximate surface area is 117 Å². The summed E-state index contributed by atoms with van der Waals surface area (Å²) in [5, 5.41) is 9.85. The van der Waals surface area contributed by atoms with Crippen molar-refractivity contribution in [2.45, 2.75) is 32.0 Å². The van der Waals surface area contributed by atoms with Crippen molar-refractivity contribution in [3.8, 4) is 0 Å². The van der Waals surface area contributed by atoms with Crippen molar-refractivity contribution in [2.75, 3.05) is 6.61 Å². The van der Waals surface area contributed by atoms with E-state index in [1.807, 2.05) is 0 Å². The number of hydrogen-bond acceptors (Lipinski definition) is 4. The average Bonchev–Trinajstić information content (AvgIpc) is 2.36. The van der Waals surface area contributed by atoms with Gasteiger partial charge in [-0.15, -0.1) is 0 Å². The lowest BCUT2D eigenvalue weighted by atomic mass is 9.84. The summed E-state index contributed by atoms with van der Waals surface area (Å²) in [7, 11) is 0. The van der Waals surface area contributed by atoms with Crippen LogP contribution in [0.1, 0.15) is 41.1 Å². The van der Waals surface area contributed by atoms with Crippen LogP contribution in [0, 0.1) is 5.92 Å². The number of aliphatic hydroxyl groups is 1. The van der Waals surface area contributed by atoms with Crippen LogP contribution in [0.4, 0.5) is 13.2 Å². The van der Waals surface area contributed by atoms with Crippen LogP contribution >= 0.6 is 0 Å². The van der Waals surface area contributed by atoms with Gasteiger partial charge in [-0.1, -0.05) is 0 Å². The number of aromatic nitrogens is 1. The van der Waals surface area contributed by atoms with Crippen LogP contribution in [0.5, 0.6) is 0 Å². The second kappa shape index (κ2) is 5.51. The maximum atomic E-state index is 12.7. The van der Waals surface area contributed by atoms with Crippen molar-refractivity contribution < 1.29 is 27.8 Å². The topological polar surface area (TPSA) is 79.4 Å². The first-order chi connectivity index (χ1) is 9.74. The number of alkyl halides is 3. The van der Waals surface area contributed by atoms with E-state index in [0.29, 0.717) is 0 Å². The molecule has 5 nitrogen and oxygen atoms in total. The third-order valence-corrected chi connectivity index (χ3v) is 3.43. The number of nitrogens with one attached hydrogen (secondary N) is 1. The molecule has 1 heterocycles. The number of esters is 1. The molecule has 1 aromatic rings. The number of halogens is 3. The number of aliphatic hydroxyl groups excluding tert-OH is 1. The highest BCUT2D eigenvalue weighted by Crippen LogP contribution is 2.40. The van der Waals surface area contributed by atoms with Gasteiger partial charge in [0.25, 0.3) is 5.56 Å². The van der Waals surface area contributed by atoms with E-state index in [1.165, 1.54) is 0 Å². The Morgan fingerprint density at radius 1 is 1.52 bits per heavy atom. The van der Waals surface area contributed by atoms with Crippen LogP contribution in [0.2, 0.25) is 0 Å². The number of rotatable bonds is 2. The lowest BCUT2D eigenvalue weighted by Gasteiger charge is -2.29. The lowest BCUT2D eigenvalue weighted by Crippen LogP contribution is -2.34. The minimum absolute atomic E-state index is 0.00845. The molecule has 2 atom stereocenters. The molecule has 1 aliphatic rings. The van der Waals surface area contributed by atoms with E-state index in [9.17, 15) is 27.9 Å². The molecular formula is C13H14F3NO4. The summed E-state index contributed by atoms with van der Waals surface area (Å²) in [4.78, 5) is 25.6. The van der Waals surface area contributed by atoms with Crippen molar-refractivity contribution in [1.82, 2.24) is 4.98 Å². The largest absolute Gasteiger partial charge is 0.462 e. The summed E-state index contributed by atoms with van der Waals surface area (Å²) >= 11 is 0.